The average molecular weight is 251 g/mol. The molecule has 0 aromatic heterocycles. The lowest BCUT2D eigenvalue weighted by Gasteiger charge is -2.40. The maximum absolute atomic E-state index is 5.88. The van der Waals surface area contributed by atoms with Crippen LogP contribution in [0.5, 0.6) is 0 Å². The van der Waals surface area contributed by atoms with Crippen molar-refractivity contribution in [2.45, 2.75) is 76.4 Å². The first-order valence-electron chi connectivity index (χ1n) is 8.12. The predicted octanol–water partition coefficient (Wildman–Crippen LogP) is 3.50. The number of ether oxygens (including phenoxy) is 1. The molecular weight excluding hydrogens is 222 g/mol. The lowest BCUT2D eigenvalue weighted by atomic mass is 9.69. The highest BCUT2D eigenvalue weighted by Gasteiger charge is 2.34. The van der Waals surface area contributed by atoms with Gasteiger partial charge in [0.15, 0.2) is 0 Å². The van der Waals surface area contributed by atoms with E-state index in [4.69, 9.17) is 4.74 Å². The van der Waals surface area contributed by atoms with Crippen molar-refractivity contribution in [2.75, 3.05) is 13.2 Å². The Morgan fingerprint density at radius 1 is 1.06 bits per heavy atom. The van der Waals surface area contributed by atoms with E-state index in [1.165, 1.54) is 57.8 Å². The van der Waals surface area contributed by atoms with Crippen molar-refractivity contribution in [1.82, 2.24) is 5.32 Å². The lowest BCUT2D eigenvalue weighted by Crippen LogP contribution is -2.45. The fraction of sp³-hybridized carbons (Fsp3) is 1.00. The summed E-state index contributed by atoms with van der Waals surface area (Å²) in [6, 6.07) is 0.769. The summed E-state index contributed by atoms with van der Waals surface area (Å²) in [5.41, 5.74) is 0.128. The quantitative estimate of drug-likeness (QED) is 0.829. The first-order valence-corrected chi connectivity index (χ1v) is 8.12. The fourth-order valence-corrected chi connectivity index (χ4v) is 4.40. The minimum Gasteiger partial charge on any atom is -0.374 e. The fourth-order valence-electron chi connectivity index (χ4n) is 4.40. The molecule has 2 heteroatoms. The zero-order valence-electron chi connectivity index (χ0n) is 11.9. The molecule has 3 fully saturated rings. The predicted molar refractivity (Wildman–Crippen MR) is 74.7 cm³/mol. The summed E-state index contributed by atoms with van der Waals surface area (Å²) in [6.07, 6.45) is 12.8. The van der Waals surface area contributed by atoms with Crippen molar-refractivity contribution in [3.63, 3.8) is 0 Å². The van der Waals surface area contributed by atoms with Gasteiger partial charge in [-0.3, -0.25) is 0 Å². The molecule has 0 bridgehead atoms. The van der Waals surface area contributed by atoms with Gasteiger partial charge in [-0.25, -0.2) is 0 Å². The maximum atomic E-state index is 5.88. The van der Waals surface area contributed by atoms with Crippen LogP contribution in [0.3, 0.4) is 0 Å². The van der Waals surface area contributed by atoms with Crippen LogP contribution in [0.1, 0.15) is 64.7 Å². The van der Waals surface area contributed by atoms with E-state index in [1.807, 2.05) is 0 Å². The van der Waals surface area contributed by atoms with Crippen LogP contribution in [0.4, 0.5) is 0 Å². The summed E-state index contributed by atoms with van der Waals surface area (Å²) < 4.78 is 5.88. The molecule has 2 nitrogen and oxygen atoms in total. The topological polar surface area (TPSA) is 21.3 Å². The molecule has 1 saturated heterocycles. The molecular formula is C16H29NO. The molecule has 0 spiro atoms. The Morgan fingerprint density at radius 3 is 2.67 bits per heavy atom. The minimum absolute atomic E-state index is 0.128. The van der Waals surface area contributed by atoms with E-state index < -0.39 is 0 Å². The summed E-state index contributed by atoms with van der Waals surface area (Å²) in [4.78, 5) is 0. The molecule has 0 radical (unpaired) electrons. The van der Waals surface area contributed by atoms with E-state index in [1.54, 1.807) is 0 Å². The standard InChI is InChI=1S/C16H29NO/c1-16(9-4-10-18-16)12-17-15-8-7-13-5-2-3-6-14(13)11-15/h13-15,17H,2-12H2,1H3. The maximum Gasteiger partial charge on any atom is 0.0779 e. The Labute approximate surface area is 112 Å². The molecule has 4 unspecified atom stereocenters. The minimum atomic E-state index is 0.128. The van der Waals surface area contributed by atoms with E-state index in [2.05, 4.69) is 12.2 Å². The highest BCUT2D eigenvalue weighted by molar-refractivity contribution is 4.89. The molecule has 1 heterocycles. The van der Waals surface area contributed by atoms with Gasteiger partial charge in [0.25, 0.3) is 0 Å². The van der Waals surface area contributed by atoms with Crippen molar-refractivity contribution in [3.05, 3.63) is 0 Å². The first kappa shape index (κ1) is 12.9. The Kier molecular flexibility index (Phi) is 3.95. The molecule has 0 aromatic carbocycles. The van der Waals surface area contributed by atoms with E-state index in [-0.39, 0.29) is 5.60 Å². The second-order valence-corrected chi connectivity index (χ2v) is 7.10. The van der Waals surface area contributed by atoms with Crippen molar-refractivity contribution < 1.29 is 4.74 Å². The third kappa shape index (κ3) is 2.91. The average Bonchev–Trinajstić information content (AvgIpc) is 2.84. The monoisotopic (exact) mass is 251 g/mol. The van der Waals surface area contributed by atoms with Gasteiger partial charge in [0, 0.05) is 19.2 Å². The molecule has 4 atom stereocenters. The van der Waals surface area contributed by atoms with Crippen molar-refractivity contribution in [2.24, 2.45) is 11.8 Å². The van der Waals surface area contributed by atoms with Gasteiger partial charge in [-0.05, 0) is 50.9 Å². The smallest absolute Gasteiger partial charge is 0.0779 e. The molecule has 18 heavy (non-hydrogen) atoms. The van der Waals surface area contributed by atoms with Crippen LogP contribution in [0, 0.1) is 11.8 Å². The summed E-state index contributed by atoms with van der Waals surface area (Å²) in [6.45, 7) is 4.31. The number of rotatable bonds is 3. The van der Waals surface area contributed by atoms with E-state index in [0.717, 1.165) is 31.0 Å². The van der Waals surface area contributed by atoms with Crippen LogP contribution in [-0.2, 0) is 4.74 Å². The highest BCUT2D eigenvalue weighted by Crippen LogP contribution is 2.40. The zero-order valence-corrected chi connectivity index (χ0v) is 11.9. The Balaban J connectivity index is 1.46. The molecule has 104 valence electrons. The van der Waals surface area contributed by atoms with Gasteiger partial charge in [-0.2, -0.15) is 0 Å². The van der Waals surface area contributed by atoms with Crippen molar-refractivity contribution >= 4 is 0 Å². The van der Waals surface area contributed by atoms with Gasteiger partial charge in [0.2, 0.25) is 0 Å². The molecule has 2 saturated carbocycles. The molecule has 1 aliphatic heterocycles. The molecule has 0 aromatic rings. The van der Waals surface area contributed by atoms with Gasteiger partial charge in [-0.1, -0.05) is 25.7 Å². The van der Waals surface area contributed by atoms with E-state index in [0.29, 0.717) is 0 Å². The van der Waals surface area contributed by atoms with Crippen molar-refractivity contribution in [3.8, 4) is 0 Å². The third-order valence-corrected chi connectivity index (χ3v) is 5.60. The second kappa shape index (κ2) is 5.50. The van der Waals surface area contributed by atoms with Gasteiger partial charge >= 0.3 is 0 Å². The molecule has 2 aliphatic carbocycles. The highest BCUT2D eigenvalue weighted by atomic mass is 16.5. The van der Waals surface area contributed by atoms with Crippen LogP contribution in [-0.4, -0.2) is 24.8 Å². The van der Waals surface area contributed by atoms with E-state index >= 15 is 0 Å². The van der Waals surface area contributed by atoms with Crippen LogP contribution in [0.2, 0.25) is 0 Å². The van der Waals surface area contributed by atoms with Gasteiger partial charge in [-0.15, -0.1) is 0 Å². The van der Waals surface area contributed by atoms with E-state index in [9.17, 15) is 0 Å². The Hall–Kier alpha value is -0.0800. The Bertz CT molecular complexity index is 272. The van der Waals surface area contributed by atoms with Crippen molar-refractivity contribution in [1.29, 1.82) is 0 Å². The SMILES string of the molecule is CC1(CNC2CCC3CCCCC3C2)CCCO1. The number of hydrogen-bond donors (Lipinski definition) is 1. The van der Waals surface area contributed by atoms with Gasteiger partial charge in [0.1, 0.15) is 0 Å². The van der Waals surface area contributed by atoms with Crippen LogP contribution < -0.4 is 5.32 Å². The second-order valence-electron chi connectivity index (χ2n) is 7.10. The third-order valence-electron chi connectivity index (χ3n) is 5.60. The largest absolute Gasteiger partial charge is 0.374 e. The van der Waals surface area contributed by atoms with Crippen LogP contribution >= 0.6 is 0 Å². The zero-order chi connectivity index (χ0) is 12.4. The molecule has 3 aliphatic rings. The Morgan fingerprint density at radius 2 is 1.89 bits per heavy atom. The van der Waals surface area contributed by atoms with Crippen LogP contribution in [0.15, 0.2) is 0 Å². The molecule has 3 rings (SSSR count). The molecule has 0 amide bonds. The summed E-state index contributed by atoms with van der Waals surface area (Å²) in [5.74, 6) is 2.09. The summed E-state index contributed by atoms with van der Waals surface area (Å²) >= 11 is 0. The summed E-state index contributed by atoms with van der Waals surface area (Å²) in [5, 5.41) is 3.81. The normalized spacial score (nSPS) is 44.8. The number of fused-ring (bicyclic) bond motifs is 1. The summed E-state index contributed by atoms with van der Waals surface area (Å²) in [7, 11) is 0. The number of hydrogen-bond acceptors (Lipinski definition) is 2. The van der Waals surface area contributed by atoms with Gasteiger partial charge < -0.3 is 10.1 Å². The van der Waals surface area contributed by atoms with Crippen LogP contribution in [0.25, 0.3) is 0 Å². The number of nitrogens with one attached hydrogen (secondary N) is 1. The lowest BCUT2D eigenvalue weighted by molar-refractivity contribution is 0.0152. The molecule has 1 N–H and O–H groups in total. The first-order chi connectivity index (χ1) is 8.75. The van der Waals surface area contributed by atoms with Gasteiger partial charge in [0.05, 0.1) is 5.60 Å².